The van der Waals surface area contributed by atoms with Crippen molar-refractivity contribution in [1.82, 2.24) is 10.9 Å². The molecular weight excluding hydrogens is 442 g/mol. The molecule has 0 aliphatic heterocycles. The molecule has 2 aromatic carbocycles. The number of carbonyl (C=O) groups excluding carboxylic acids is 2. The summed E-state index contributed by atoms with van der Waals surface area (Å²) in [6.07, 6.45) is -0.341. The first-order chi connectivity index (χ1) is 14.8. The number of anilines is 2. The molecular formula is C19H21N5O5S2. The molecule has 0 aliphatic rings. The van der Waals surface area contributed by atoms with Crippen LogP contribution in [0.3, 0.4) is 0 Å². The Bertz CT molecular complexity index is 955. The molecule has 0 radical (unpaired) electrons. The highest BCUT2D eigenvalue weighted by Crippen LogP contribution is 2.18. The van der Waals surface area contributed by atoms with Crippen molar-refractivity contribution < 1.29 is 19.2 Å². The van der Waals surface area contributed by atoms with E-state index in [0.29, 0.717) is 11.4 Å². The van der Waals surface area contributed by atoms with Gasteiger partial charge in [0.25, 0.3) is 5.69 Å². The molecule has 0 spiro atoms. The van der Waals surface area contributed by atoms with Crippen LogP contribution in [0, 0.1) is 10.1 Å². The van der Waals surface area contributed by atoms with Crippen molar-refractivity contribution >= 4 is 58.7 Å². The lowest BCUT2D eigenvalue weighted by Gasteiger charge is -2.14. The van der Waals surface area contributed by atoms with E-state index in [0.717, 1.165) is 5.69 Å². The van der Waals surface area contributed by atoms with E-state index < -0.39 is 16.2 Å². The lowest BCUT2D eigenvalue weighted by atomic mass is 10.2. The SMILES string of the molecule is COc1ccc(NC(S)CC(=O)CC(=O)NNC(=S)Nc2cccc([N+](=O)[O-])c2)cc1. The summed E-state index contributed by atoms with van der Waals surface area (Å²) in [6, 6.07) is 12.8. The third kappa shape index (κ3) is 8.48. The fourth-order valence-electron chi connectivity index (χ4n) is 2.43. The quantitative estimate of drug-likeness (QED) is 0.0950. The maximum Gasteiger partial charge on any atom is 0.271 e. The van der Waals surface area contributed by atoms with Gasteiger partial charge in [-0.15, -0.1) is 0 Å². The molecule has 4 N–H and O–H groups in total. The summed E-state index contributed by atoms with van der Waals surface area (Å²) in [5.41, 5.74) is 5.77. The number of Topliss-reactive ketones (excluding diaryl/α,β-unsaturated/α-hetero) is 1. The van der Waals surface area contributed by atoms with Crippen LogP contribution >= 0.6 is 24.8 Å². The molecule has 0 aliphatic carbocycles. The fraction of sp³-hybridized carbons (Fsp3) is 0.211. The van der Waals surface area contributed by atoms with Crippen LogP contribution in [0.2, 0.25) is 0 Å². The van der Waals surface area contributed by atoms with Crippen molar-refractivity contribution in [2.24, 2.45) is 0 Å². The molecule has 0 saturated heterocycles. The maximum atomic E-state index is 12.1. The molecule has 0 saturated carbocycles. The number of benzene rings is 2. The van der Waals surface area contributed by atoms with Gasteiger partial charge in [0.05, 0.1) is 23.8 Å². The Morgan fingerprint density at radius 1 is 1.16 bits per heavy atom. The van der Waals surface area contributed by atoms with Gasteiger partial charge >= 0.3 is 0 Å². The first-order valence-electron chi connectivity index (χ1n) is 8.97. The summed E-state index contributed by atoms with van der Waals surface area (Å²) in [5.74, 6) is -0.199. The zero-order valence-electron chi connectivity index (χ0n) is 16.5. The van der Waals surface area contributed by atoms with Crippen molar-refractivity contribution in [3.63, 3.8) is 0 Å². The van der Waals surface area contributed by atoms with Crippen molar-refractivity contribution in [1.29, 1.82) is 0 Å². The zero-order chi connectivity index (χ0) is 22.8. The van der Waals surface area contributed by atoms with Crippen LogP contribution in [0.25, 0.3) is 0 Å². The molecule has 12 heteroatoms. The van der Waals surface area contributed by atoms with Crippen molar-refractivity contribution in [2.45, 2.75) is 18.2 Å². The Labute approximate surface area is 189 Å². The Kier molecular flexibility index (Phi) is 9.03. The van der Waals surface area contributed by atoms with Crippen LogP contribution in [-0.4, -0.2) is 34.2 Å². The third-order valence-electron chi connectivity index (χ3n) is 3.83. The normalized spacial score (nSPS) is 11.0. The number of nitro benzene ring substituents is 1. The van der Waals surface area contributed by atoms with Crippen LogP contribution in [-0.2, 0) is 9.59 Å². The lowest BCUT2D eigenvalue weighted by molar-refractivity contribution is -0.384. The van der Waals surface area contributed by atoms with Gasteiger partial charge in [0.15, 0.2) is 5.11 Å². The van der Waals surface area contributed by atoms with Crippen molar-refractivity contribution in [2.75, 3.05) is 17.7 Å². The van der Waals surface area contributed by atoms with Crippen LogP contribution < -0.4 is 26.2 Å². The highest BCUT2D eigenvalue weighted by molar-refractivity contribution is 7.81. The number of hydrazine groups is 1. The average Bonchev–Trinajstić information content (AvgIpc) is 2.72. The summed E-state index contributed by atoms with van der Waals surface area (Å²) in [7, 11) is 1.57. The number of thiocarbonyl (C=S) groups is 1. The van der Waals surface area contributed by atoms with Crippen LogP contribution in [0.15, 0.2) is 48.5 Å². The van der Waals surface area contributed by atoms with E-state index in [9.17, 15) is 19.7 Å². The second kappa shape index (κ2) is 11.7. The second-order valence-electron chi connectivity index (χ2n) is 6.24. The Morgan fingerprint density at radius 3 is 2.52 bits per heavy atom. The third-order valence-corrected chi connectivity index (χ3v) is 4.35. The minimum atomic E-state index is -0.585. The average molecular weight is 464 g/mol. The minimum absolute atomic E-state index is 0.00883. The number of ketones is 1. The number of ether oxygens (including phenoxy) is 1. The molecule has 2 aromatic rings. The van der Waals surface area contributed by atoms with Gasteiger partial charge in [-0.1, -0.05) is 6.07 Å². The number of amides is 1. The zero-order valence-corrected chi connectivity index (χ0v) is 18.2. The monoisotopic (exact) mass is 463 g/mol. The highest BCUT2D eigenvalue weighted by Gasteiger charge is 2.14. The van der Waals surface area contributed by atoms with E-state index in [1.165, 1.54) is 18.2 Å². The molecule has 0 bridgehead atoms. The molecule has 1 amide bonds. The van der Waals surface area contributed by atoms with E-state index in [4.69, 9.17) is 17.0 Å². The number of non-ortho nitro benzene ring substituents is 1. The number of methoxy groups -OCH3 is 1. The first kappa shape index (κ1) is 23.9. The van der Waals surface area contributed by atoms with E-state index in [1.54, 1.807) is 37.4 Å². The summed E-state index contributed by atoms with van der Waals surface area (Å²) in [5, 5.41) is 16.1. The van der Waals surface area contributed by atoms with Gasteiger partial charge in [-0.2, -0.15) is 12.6 Å². The predicted octanol–water partition coefficient (Wildman–Crippen LogP) is 2.64. The van der Waals surface area contributed by atoms with Crippen LogP contribution in [0.1, 0.15) is 12.8 Å². The number of thiol groups is 1. The maximum absolute atomic E-state index is 12.1. The Hall–Kier alpha value is -3.38. The van der Waals surface area contributed by atoms with Gasteiger partial charge in [0.2, 0.25) is 5.91 Å². The van der Waals surface area contributed by atoms with Gasteiger partial charge in [-0.05, 0) is 42.5 Å². The summed E-state index contributed by atoms with van der Waals surface area (Å²) in [4.78, 5) is 34.3. The number of nitro groups is 1. The smallest absolute Gasteiger partial charge is 0.271 e. The molecule has 1 atom stereocenters. The summed E-state index contributed by atoms with van der Waals surface area (Å²) >= 11 is 9.34. The first-order valence-corrected chi connectivity index (χ1v) is 9.90. The molecule has 164 valence electrons. The minimum Gasteiger partial charge on any atom is -0.497 e. The van der Waals surface area contributed by atoms with Gasteiger partial charge in [0.1, 0.15) is 11.5 Å². The highest BCUT2D eigenvalue weighted by atomic mass is 32.1. The fourth-order valence-corrected chi connectivity index (χ4v) is 2.95. The molecule has 2 rings (SSSR count). The van der Waals surface area contributed by atoms with E-state index in [1.807, 2.05) is 0 Å². The summed E-state index contributed by atoms with van der Waals surface area (Å²) < 4.78 is 5.08. The van der Waals surface area contributed by atoms with Gasteiger partial charge < -0.3 is 15.4 Å². The van der Waals surface area contributed by atoms with Crippen LogP contribution in [0.5, 0.6) is 5.75 Å². The van der Waals surface area contributed by atoms with Crippen molar-refractivity contribution in [3.8, 4) is 5.75 Å². The molecule has 10 nitrogen and oxygen atoms in total. The Balaban J connectivity index is 1.72. The standard InChI is InChI=1S/C19H21N5O5S2/c1-29-16-7-5-12(6-8-16)20-18(30)11-15(25)10-17(26)22-23-19(31)21-13-3-2-4-14(9-13)24(27)28/h2-9,18,20,30H,10-11H2,1H3,(H,22,26)(H2,21,23,31). The number of carbonyl (C=O) groups is 2. The topological polar surface area (TPSA) is 135 Å². The number of hydrogen-bond donors (Lipinski definition) is 5. The van der Waals surface area contributed by atoms with Crippen LogP contribution in [0.4, 0.5) is 17.1 Å². The number of rotatable bonds is 9. The largest absolute Gasteiger partial charge is 0.497 e. The second-order valence-corrected chi connectivity index (χ2v) is 7.27. The molecule has 1 unspecified atom stereocenters. The molecule has 0 fully saturated rings. The Morgan fingerprint density at radius 2 is 1.87 bits per heavy atom. The van der Waals surface area contributed by atoms with Gasteiger partial charge in [-0.25, -0.2) is 0 Å². The van der Waals surface area contributed by atoms with Gasteiger partial charge in [-0.3, -0.25) is 30.6 Å². The van der Waals surface area contributed by atoms with Crippen molar-refractivity contribution in [3.05, 3.63) is 58.6 Å². The lowest BCUT2D eigenvalue weighted by Crippen LogP contribution is -2.44. The van der Waals surface area contributed by atoms with E-state index >= 15 is 0 Å². The number of hydrogen-bond acceptors (Lipinski definition) is 8. The summed E-state index contributed by atoms with van der Waals surface area (Å²) in [6.45, 7) is 0. The van der Waals surface area contributed by atoms with Gasteiger partial charge in [0, 0.05) is 29.9 Å². The molecule has 0 heterocycles. The van der Waals surface area contributed by atoms with E-state index in [2.05, 4.69) is 34.1 Å². The van der Waals surface area contributed by atoms with E-state index in [-0.39, 0.29) is 29.4 Å². The molecule has 0 aromatic heterocycles. The number of nitrogens with zero attached hydrogens (tertiary/aromatic N) is 1. The molecule has 31 heavy (non-hydrogen) atoms. The predicted molar refractivity (Wildman–Crippen MR) is 124 cm³/mol. The number of nitrogens with one attached hydrogen (secondary N) is 4.